The third-order valence-corrected chi connectivity index (χ3v) is 19.6. The van der Waals surface area contributed by atoms with Crippen molar-refractivity contribution in [2.45, 2.75) is 52.4 Å². The van der Waals surface area contributed by atoms with Crippen LogP contribution in [0.1, 0.15) is 52.7 Å². The minimum atomic E-state index is -0.146. The van der Waals surface area contributed by atoms with Gasteiger partial charge in [0.1, 0.15) is 11.5 Å². The zero-order valence-electron chi connectivity index (χ0n) is 49.3. The summed E-state index contributed by atoms with van der Waals surface area (Å²) >= 11 is 0. The van der Waals surface area contributed by atoms with Crippen LogP contribution in [-0.2, 0) is 10.8 Å². The Bertz CT molecular complexity index is 5800. The van der Waals surface area contributed by atoms with Gasteiger partial charge in [-0.15, -0.1) is 0 Å². The maximum absolute atomic E-state index is 7.31. The fourth-order valence-electron chi connectivity index (χ4n) is 15.6. The summed E-state index contributed by atoms with van der Waals surface area (Å²) < 4.78 is 19.8. The van der Waals surface area contributed by atoms with Gasteiger partial charge < -0.3 is 27.6 Å². The molecule has 0 unspecified atom stereocenters. The maximum Gasteiger partial charge on any atom is 0.256 e. The van der Waals surface area contributed by atoms with E-state index in [0.29, 0.717) is 0 Å². The summed E-state index contributed by atoms with van der Waals surface area (Å²) in [6.07, 6.45) is 0. The van der Waals surface area contributed by atoms with Gasteiger partial charge in [0.15, 0.2) is 0 Å². The van der Waals surface area contributed by atoms with Crippen LogP contribution in [0.5, 0.6) is 11.5 Å². The molecular formula is C80H58BN5O. The van der Waals surface area contributed by atoms with E-state index in [1.807, 2.05) is 0 Å². The quantitative estimate of drug-likeness (QED) is 0.162. The van der Waals surface area contributed by atoms with Crippen LogP contribution in [0, 0.1) is 0 Å². The van der Waals surface area contributed by atoms with E-state index >= 15 is 0 Å². The maximum atomic E-state index is 7.31. The van der Waals surface area contributed by atoms with Gasteiger partial charge in [-0.25, -0.2) is 0 Å². The summed E-state index contributed by atoms with van der Waals surface area (Å²) in [6, 6.07) is 91.4. The zero-order chi connectivity index (χ0) is 57.9. The van der Waals surface area contributed by atoms with Crippen molar-refractivity contribution in [2.24, 2.45) is 0 Å². The van der Waals surface area contributed by atoms with Gasteiger partial charge >= 0.3 is 0 Å². The van der Waals surface area contributed by atoms with Crippen molar-refractivity contribution in [2.75, 3.05) is 0 Å². The normalized spacial score (nSPS) is 13.2. The Hall–Kier alpha value is -10.5. The molecule has 12 aromatic carbocycles. The Morgan fingerprint density at radius 3 is 1.07 bits per heavy atom. The summed E-state index contributed by atoms with van der Waals surface area (Å²) in [5, 5.41) is 12.3. The number of rotatable bonds is 4. The van der Waals surface area contributed by atoms with Crippen molar-refractivity contribution in [1.82, 2.24) is 22.8 Å². The average molecular weight is 1120 g/mol. The second-order valence-electron chi connectivity index (χ2n) is 26.5. The first kappa shape index (κ1) is 48.8. The van der Waals surface area contributed by atoms with Gasteiger partial charge in [-0.05, 0) is 160 Å². The summed E-state index contributed by atoms with van der Waals surface area (Å²) in [5.74, 6) is 1.87. The van der Waals surface area contributed by atoms with Crippen molar-refractivity contribution in [3.8, 4) is 39.9 Å². The van der Waals surface area contributed by atoms with Crippen LogP contribution in [0.2, 0.25) is 0 Å². The van der Waals surface area contributed by atoms with Gasteiger partial charge in [0.25, 0.3) is 6.71 Å². The van der Waals surface area contributed by atoms with Crippen LogP contribution in [0.3, 0.4) is 0 Å². The van der Waals surface area contributed by atoms with E-state index in [1.165, 1.54) is 137 Å². The van der Waals surface area contributed by atoms with Gasteiger partial charge in [0.05, 0.1) is 49.7 Å². The van der Waals surface area contributed by atoms with Crippen molar-refractivity contribution in [3.63, 3.8) is 0 Å². The Labute approximate surface area is 503 Å². The second kappa shape index (κ2) is 17.1. The molecule has 0 bridgehead atoms. The SMILES string of the molecule is CC(C)(C)c1ccc2c(c1)Oc1cc(C(C)(C)C)cc3c1B2c1cc(-n2c4ccccc4c4cc(-n5c6ccccc6c6ccccc65)ccc42)cc2c4cc(-n5c6ccccc6c6cc(-n7c8ccccc8c8ccccc87)ccc65)ccc4n-3c12. The summed E-state index contributed by atoms with van der Waals surface area (Å²) in [7, 11) is 0. The minimum absolute atomic E-state index is 0.0656. The molecule has 0 atom stereocenters. The van der Waals surface area contributed by atoms with Crippen LogP contribution in [-0.4, -0.2) is 29.5 Å². The van der Waals surface area contributed by atoms with E-state index in [9.17, 15) is 0 Å². The van der Waals surface area contributed by atoms with Gasteiger partial charge in [-0.1, -0.05) is 163 Å². The molecule has 0 radical (unpaired) electrons. The highest BCUT2D eigenvalue weighted by molar-refractivity contribution is 6.99. The van der Waals surface area contributed by atoms with Crippen molar-refractivity contribution in [3.05, 3.63) is 254 Å². The first-order chi connectivity index (χ1) is 42.4. The third kappa shape index (κ3) is 6.66. The molecule has 7 heterocycles. The smallest absolute Gasteiger partial charge is 0.256 e. The third-order valence-electron chi connectivity index (χ3n) is 19.6. The molecule has 0 saturated heterocycles. The number of ether oxygens (including phenoxy) is 1. The predicted octanol–water partition coefficient (Wildman–Crippen LogP) is 18.7. The molecule has 19 rings (SSSR count). The molecule has 5 aromatic heterocycles. The fourth-order valence-corrected chi connectivity index (χ4v) is 15.6. The van der Waals surface area contributed by atoms with E-state index in [2.05, 4.69) is 307 Å². The lowest BCUT2D eigenvalue weighted by Crippen LogP contribution is -2.58. The first-order valence-electron chi connectivity index (χ1n) is 30.6. The molecule has 0 N–H and O–H groups in total. The molecule has 412 valence electrons. The minimum Gasteiger partial charge on any atom is -0.458 e. The first-order valence-corrected chi connectivity index (χ1v) is 30.6. The average Bonchev–Trinajstić information content (AvgIpc) is 1.65. The Morgan fingerprint density at radius 1 is 0.276 bits per heavy atom. The topological polar surface area (TPSA) is 33.9 Å². The Kier molecular flexibility index (Phi) is 9.61. The van der Waals surface area contributed by atoms with Gasteiger partial charge in [0.2, 0.25) is 0 Å². The highest BCUT2D eigenvalue weighted by atomic mass is 16.5. The van der Waals surface area contributed by atoms with E-state index in [-0.39, 0.29) is 17.5 Å². The molecule has 2 aliphatic heterocycles. The lowest BCUT2D eigenvalue weighted by Gasteiger charge is -2.36. The number of aromatic nitrogens is 5. The zero-order valence-corrected chi connectivity index (χ0v) is 49.3. The van der Waals surface area contributed by atoms with Crippen molar-refractivity contribution >= 4 is 132 Å². The number of benzene rings is 12. The van der Waals surface area contributed by atoms with E-state index < -0.39 is 0 Å². The molecule has 87 heavy (non-hydrogen) atoms. The molecule has 2 aliphatic rings. The van der Waals surface area contributed by atoms with E-state index in [1.54, 1.807) is 0 Å². The van der Waals surface area contributed by atoms with Crippen molar-refractivity contribution < 1.29 is 4.74 Å². The summed E-state index contributed by atoms with van der Waals surface area (Å²) in [6.45, 7) is 13.7. The molecule has 6 nitrogen and oxygen atoms in total. The molecule has 0 amide bonds. The molecule has 17 aromatic rings. The van der Waals surface area contributed by atoms with Crippen LogP contribution < -0.4 is 21.1 Å². The van der Waals surface area contributed by atoms with Crippen LogP contribution in [0.15, 0.2) is 243 Å². The molecular weight excluding hydrogens is 1060 g/mol. The van der Waals surface area contributed by atoms with E-state index in [4.69, 9.17) is 4.74 Å². The number of para-hydroxylation sites is 6. The summed E-state index contributed by atoms with van der Waals surface area (Å²) in [5.41, 5.74) is 23.6. The van der Waals surface area contributed by atoms with Crippen LogP contribution in [0.4, 0.5) is 0 Å². The number of fused-ring (bicyclic) bond motifs is 19. The molecule has 0 saturated carbocycles. The van der Waals surface area contributed by atoms with E-state index in [0.717, 1.165) is 39.8 Å². The van der Waals surface area contributed by atoms with Crippen LogP contribution in [0.25, 0.3) is 137 Å². The summed E-state index contributed by atoms with van der Waals surface area (Å²) in [4.78, 5) is 0. The number of hydrogen-bond acceptors (Lipinski definition) is 1. The Morgan fingerprint density at radius 2 is 0.632 bits per heavy atom. The largest absolute Gasteiger partial charge is 0.458 e. The highest BCUT2D eigenvalue weighted by Gasteiger charge is 2.42. The molecule has 7 heteroatoms. The second-order valence-corrected chi connectivity index (χ2v) is 26.5. The fraction of sp³-hybridized carbons (Fsp3) is 0.100. The number of nitrogens with zero attached hydrogens (tertiary/aromatic N) is 5. The number of hydrogen-bond donors (Lipinski definition) is 0. The lowest BCUT2D eigenvalue weighted by atomic mass is 9.34. The van der Waals surface area contributed by atoms with Crippen molar-refractivity contribution in [1.29, 1.82) is 0 Å². The van der Waals surface area contributed by atoms with Crippen LogP contribution >= 0.6 is 0 Å². The van der Waals surface area contributed by atoms with Gasteiger partial charge in [-0.2, -0.15) is 0 Å². The van der Waals surface area contributed by atoms with Gasteiger partial charge in [0, 0.05) is 87.8 Å². The predicted molar refractivity (Wildman–Crippen MR) is 367 cm³/mol. The monoisotopic (exact) mass is 1120 g/mol. The molecule has 0 fully saturated rings. The molecule has 0 aliphatic carbocycles. The standard InChI is InChI=1S/C80H58BN5O/c1-79(2,3)47-31-35-63-75(40-47)87-76-41-48(80(4,5)6)39-74-77(76)81(63)64-46-52(85-70-30-18-12-24-58(70)60-43-50(33-37-72(60)85)83-67-27-15-9-21-55(67)56-22-10-16-28-68(56)83)45-62-61-44-51(34-38-73(61)86(74)78(62)64)84-69-29-17-11-23-57(69)59-42-49(32-36-71(59)84)82-65-25-13-7-19-53(65)54-20-8-14-26-66(54)82/h7-46H,1-6H3. The molecule has 0 spiro atoms. The lowest BCUT2D eigenvalue weighted by molar-refractivity contribution is 0.479. The van der Waals surface area contributed by atoms with Gasteiger partial charge in [-0.3, -0.25) is 0 Å². The highest BCUT2D eigenvalue weighted by Crippen LogP contribution is 2.45. The Balaban J connectivity index is 0.894.